The Bertz CT molecular complexity index is 632. The molecule has 0 aliphatic rings. The Kier molecular flexibility index (Phi) is 3.13. The van der Waals surface area contributed by atoms with Gasteiger partial charge in [0.1, 0.15) is 5.82 Å². The van der Waals surface area contributed by atoms with E-state index < -0.39 is 0 Å². The number of halogens is 2. The largest absolute Gasteiger partial charge is 0.416 e. The molecule has 1 aromatic heterocycles. The predicted octanol–water partition coefficient (Wildman–Crippen LogP) is 4.31. The van der Waals surface area contributed by atoms with Crippen LogP contribution in [0.4, 0.5) is 4.39 Å². The first-order valence-corrected chi connectivity index (χ1v) is 6.37. The summed E-state index contributed by atoms with van der Waals surface area (Å²) >= 11 is 3.36. The summed E-state index contributed by atoms with van der Waals surface area (Å²) in [4.78, 5) is 0. The molecule has 5 heteroatoms. The molecule has 0 radical (unpaired) electrons. The molecule has 0 aliphatic carbocycles. The molecule has 0 fully saturated rings. The second-order valence-corrected chi connectivity index (χ2v) is 4.84. The van der Waals surface area contributed by atoms with Crippen molar-refractivity contribution in [2.45, 2.75) is 0 Å². The van der Waals surface area contributed by atoms with E-state index in [1.807, 2.05) is 24.3 Å². The second kappa shape index (κ2) is 4.93. The first-order chi connectivity index (χ1) is 9.22. The summed E-state index contributed by atoms with van der Waals surface area (Å²) in [6.07, 6.45) is 0. The zero-order chi connectivity index (χ0) is 13.2. The van der Waals surface area contributed by atoms with E-state index in [1.165, 1.54) is 12.1 Å². The van der Waals surface area contributed by atoms with Gasteiger partial charge in [-0.1, -0.05) is 15.9 Å². The van der Waals surface area contributed by atoms with Gasteiger partial charge in [-0.2, -0.15) is 0 Å². The van der Waals surface area contributed by atoms with Crippen molar-refractivity contribution in [2.24, 2.45) is 0 Å². The fraction of sp³-hybridized carbons (Fsp3) is 0. The molecular weight excluding hydrogens is 311 g/mol. The fourth-order valence-electron chi connectivity index (χ4n) is 1.64. The molecule has 0 unspecified atom stereocenters. The summed E-state index contributed by atoms with van der Waals surface area (Å²) in [5.74, 6) is 0.515. The lowest BCUT2D eigenvalue weighted by Crippen LogP contribution is -1.78. The number of nitrogens with zero attached hydrogens (tertiary/aromatic N) is 2. The Morgan fingerprint density at radius 1 is 0.789 bits per heavy atom. The van der Waals surface area contributed by atoms with Gasteiger partial charge >= 0.3 is 0 Å². The lowest BCUT2D eigenvalue weighted by Gasteiger charge is -1.95. The van der Waals surface area contributed by atoms with Crippen LogP contribution in [0.5, 0.6) is 0 Å². The molecule has 0 saturated carbocycles. The van der Waals surface area contributed by atoms with Crippen molar-refractivity contribution in [3.63, 3.8) is 0 Å². The van der Waals surface area contributed by atoms with Crippen LogP contribution in [-0.4, -0.2) is 10.2 Å². The average Bonchev–Trinajstić information content (AvgIpc) is 2.90. The Morgan fingerprint density at radius 3 is 1.79 bits per heavy atom. The van der Waals surface area contributed by atoms with Gasteiger partial charge < -0.3 is 4.42 Å². The van der Waals surface area contributed by atoms with Crippen molar-refractivity contribution in [2.75, 3.05) is 0 Å². The topological polar surface area (TPSA) is 38.9 Å². The van der Waals surface area contributed by atoms with Crippen molar-refractivity contribution in [3.8, 4) is 22.9 Å². The van der Waals surface area contributed by atoms with Crippen LogP contribution in [0.25, 0.3) is 22.9 Å². The summed E-state index contributed by atoms with van der Waals surface area (Å²) in [5.41, 5.74) is 1.53. The van der Waals surface area contributed by atoms with E-state index in [4.69, 9.17) is 4.42 Å². The lowest BCUT2D eigenvalue weighted by atomic mass is 10.2. The third kappa shape index (κ3) is 2.56. The molecule has 3 rings (SSSR count). The SMILES string of the molecule is Fc1ccc(-c2nnc(-c3ccc(Br)cc3)o2)cc1. The maximum atomic E-state index is 12.8. The van der Waals surface area contributed by atoms with E-state index in [1.54, 1.807) is 12.1 Å². The molecule has 0 amide bonds. The molecule has 0 N–H and O–H groups in total. The molecule has 2 aromatic carbocycles. The number of hydrogen-bond acceptors (Lipinski definition) is 3. The molecule has 0 saturated heterocycles. The van der Waals surface area contributed by atoms with Crippen LogP contribution in [0.2, 0.25) is 0 Å². The molecule has 0 spiro atoms. The average molecular weight is 319 g/mol. The van der Waals surface area contributed by atoms with Gasteiger partial charge in [0.2, 0.25) is 11.8 Å². The minimum absolute atomic E-state index is 0.295. The summed E-state index contributed by atoms with van der Waals surface area (Å²) in [5, 5.41) is 7.95. The Morgan fingerprint density at radius 2 is 1.26 bits per heavy atom. The van der Waals surface area contributed by atoms with E-state index in [0.717, 1.165) is 10.0 Å². The monoisotopic (exact) mass is 318 g/mol. The molecule has 0 aliphatic heterocycles. The minimum atomic E-state index is -0.295. The third-order valence-corrected chi connectivity index (χ3v) is 3.14. The molecule has 0 bridgehead atoms. The smallest absolute Gasteiger partial charge is 0.248 e. The molecular formula is C14H8BrFN2O. The molecule has 94 valence electrons. The van der Waals surface area contributed by atoms with Crippen LogP contribution in [0.3, 0.4) is 0 Å². The van der Waals surface area contributed by atoms with Gasteiger partial charge in [-0.25, -0.2) is 4.39 Å². The summed E-state index contributed by atoms with van der Waals surface area (Å²) in [7, 11) is 0. The number of aromatic nitrogens is 2. The van der Waals surface area contributed by atoms with E-state index in [0.29, 0.717) is 17.3 Å². The predicted molar refractivity (Wildman–Crippen MR) is 72.8 cm³/mol. The number of benzene rings is 2. The van der Waals surface area contributed by atoms with E-state index >= 15 is 0 Å². The summed E-state index contributed by atoms with van der Waals surface area (Å²) in [6.45, 7) is 0. The number of rotatable bonds is 2. The van der Waals surface area contributed by atoms with Crippen molar-refractivity contribution in [3.05, 3.63) is 58.8 Å². The van der Waals surface area contributed by atoms with Gasteiger partial charge in [0.25, 0.3) is 0 Å². The van der Waals surface area contributed by atoms with Gasteiger partial charge in [-0.15, -0.1) is 10.2 Å². The van der Waals surface area contributed by atoms with E-state index in [9.17, 15) is 4.39 Å². The van der Waals surface area contributed by atoms with Gasteiger partial charge in [0, 0.05) is 15.6 Å². The van der Waals surface area contributed by atoms with Crippen LogP contribution in [0, 0.1) is 5.82 Å². The Hall–Kier alpha value is -2.01. The zero-order valence-corrected chi connectivity index (χ0v) is 11.3. The maximum Gasteiger partial charge on any atom is 0.248 e. The highest BCUT2D eigenvalue weighted by Crippen LogP contribution is 2.24. The summed E-state index contributed by atoms with van der Waals surface area (Å²) in [6, 6.07) is 13.5. The maximum absolute atomic E-state index is 12.8. The van der Waals surface area contributed by atoms with Crippen LogP contribution in [0.15, 0.2) is 57.4 Å². The molecule has 0 atom stereocenters. The molecule has 1 heterocycles. The highest BCUT2D eigenvalue weighted by Gasteiger charge is 2.10. The third-order valence-electron chi connectivity index (χ3n) is 2.61. The zero-order valence-electron chi connectivity index (χ0n) is 9.68. The highest BCUT2D eigenvalue weighted by molar-refractivity contribution is 9.10. The van der Waals surface area contributed by atoms with Crippen molar-refractivity contribution < 1.29 is 8.81 Å². The van der Waals surface area contributed by atoms with Crippen LogP contribution in [-0.2, 0) is 0 Å². The van der Waals surface area contributed by atoms with Gasteiger partial charge in [0.15, 0.2) is 0 Å². The lowest BCUT2D eigenvalue weighted by molar-refractivity contribution is 0.584. The highest BCUT2D eigenvalue weighted by atomic mass is 79.9. The van der Waals surface area contributed by atoms with Gasteiger partial charge in [0.05, 0.1) is 0 Å². The van der Waals surface area contributed by atoms with E-state index in [-0.39, 0.29) is 5.82 Å². The quantitative estimate of drug-likeness (QED) is 0.707. The van der Waals surface area contributed by atoms with Crippen molar-refractivity contribution in [1.29, 1.82) is 0 Å². The van der Waals surface area contributed by atoms with E-state index in [2.05, 4.69) is 26.1 Å². The van der Waals surface area contributed by atoms with Gasteiger partial charge in [-0.3, -0.25) is 0 Å². The van der Waals surface area contributed by atoms with Gasteiger partial charge in [-0.05, 0) is 48.5 Å². The first-order valence-electron chi connectivity index (χ1n) is 5.58. The van der Waals surface area contributed by atoms with Crippen LogP contribution < -0.4 is 0 Å². The Labute approximate surface area is 117 Å². The molecule has 3 nitrogen and oxygen atoms in total. The summed E-state index contributed by atoms with van der Waals surface area (Å²) < 4.78 is 19.4. The molecule has 19 heavy (non-hydrogen) atoms. The number of hydrogen-bond donors (Lipinski definition) is 0. The second-order valence-electron chi connectivity index (χ2n) is 3.93. The van der Waals surface area contributed by atoms with Crippen LogP contribution in [0.1, 0.15) is 0 Å². The van der Waals surface area contributed by atoms with Crippen molar-refractivity contribution >= 4 is 15.9 Å². The fourth-order valence-corrected chi connectivity index (χ4v) is 1.91. The first kappa shape index (κ1) is 12.0. The Balaban J connectivity index is 1.95. The standard InChI is InChI=1S/C14H8BrFN2O/c15-11-5-1-9(2-6-11)13-17-18-14(19-13)10-3-7-12(16)8-4-10/h1-8H. The normalized spacial score (nSPS) is 10.6. The van der Waals surface area contributed by atoms with Crippen LogP contribution >= 0.6 is 15.9 Å². The van der Waals surface area contributed by atoms with Crippen molar-refractivity contribution in [1.82, 2.24) is 10.2 Å². The minimum Gasteiger partial charge on any atom is -0.416 e. The molecule has 3 aromatic rings.